The number of esters is 2. The summed E-state index contributed by atoms with van der Waals surface area (Å²) < 4.78 is 10.6. The number of hydrogen-bond donors (Lipinski definition) is 0. The predicted molar refractivity (Wildman–Crippen MR) is 112 cm³/mol. The lowest BCUT2D eigenvalue weighted by atomic mass is 10.2. The summed E-state index contributed by atoms with van der Waals surface area (Å²) in [5, 5.41) is 10.7. The van der Waals surface area contributed by atoms with Crippen molar-refractivity contribution < 1.29 is 24.0 Å². The van der Waals surface area contributed by atoms with Gasteiger partial charge in [0.05, 0.1) is 16.1 Å². The van der Waals surface area contributed by atoms with E-state index in [0.717, 1.165) is 10.6 Å². The third kappa shape index (κ3) is 5.45. The van der Waals surface area contributed by atoms with Crippen LogP contribution in [0.3, 0.4) is 0 Å². The van der Waals surface area contributed by atoms with Gasteiger partial charge in [-0.25, -0.2) is 9.59 Å². The number of carbonyl (C=O) groups excluding carboxylic acids is 2. The SMILES string of the molecule is CCSc1ccc(C(=O)Oc2ccc(OC(=O)c3ccc([N+](=O)[O-])cc3)cc2)cc1. The molecule has 3 aromatic rings. The molecule has 0 amide bonds. The maximum Gasteiger partial charge on any atom is 0.343 e. The number of benzene rings is 3. The second-order valence-electron chi connectivity index (χ2n) is 6.01. The average molecular weight is 423 g/mol. The number of carbonyl (C=O) groups is 2. The first-order valence-electron chi connectivity index (χ1n) is 8.98. The minimum absolute atomic E-state index is 0.114. The smallest absolute Gasteiger partial charge is 0.343 e. The lowest BCUT2D eigenvalue weighted by Gasteiger charge is -2.07. The van der Waals surface area contributed by atoms with E-state index < -0.39 is 16.9 Å². The van der Waals surface area contributed by atoms with Crippen LogP contribution in [0.15, 0.2) is 77.7 Å². The van der Waals surface area contributed by atoms with Gasteiger partial charge in [-0.2, -0.15) is 0 Å². The van der Waals surface area contributed by atoms with Gasteiger partial charge in [0.1, 0.15) is 11.5 Å². The number of thioether (sulfide) groups is 1. The van der Waals surface area contributed by atoms with Gasteiger partial charge in [0.25, 0.3) is 5.69 Å². The van der Waals surface area contributed by atoms with Gasteiger partial charge < -0.3 is 9.47 Å². The van der Waals surface area contributed by atoms with Crippen LogP contribution in [0, 0.1) is 10.1 Å². The quantitative estimate of drug-likeness (QED) is 0.171. The largest absolute Gasteiger partial charge is 0.423 e. The highest BCUT2D eigenvalue weighted by Gasteiger charge is 2.13. The first-order valence-corrected chi connectivity index (χ1v) is 9.96. The Balaban J connectivity index is 1.59. The number of hydrogen-bond acceptors (Lipinski definition) is 7. The summed E-state index contributed by atoms with van der Waals surface area (Å²) in [6.07, 6.45) is 0. The molecule has 0 bridgehead atoms. The fraction of sp³-hybridized carbons (Fsp3) is 0.0909. The number of nitrogens with zero attached hydrogens (tertiary/aromatic N) is 1. The highest BCUT2D eigenvalue weighted by molar-refractivity contribution is 7.99. The molecule has 0 N–H and O–H groups in total. The summed E-state index contributed by atoms with van der Waals surface area (Å²) in [6, 6.07) is 18.3. The van der Waals surface area contributed by atoms with Crippen LogP contribution < -0.4 is 9.47 Å². The van der Waals surface area contributed by atoms with E-state index in [9.17, 15) is 19.7 Å². The van der Waals surface area contributed by atoms with E-state index in [2.05, 4.69) is 6.92 Å². The lowest BCUT2D eigenvalue weighted by Crippen LogP contribution is -2.09. The van der Waals surface area contributed by atoms with Crippen LogP contribution in [-0.4, -0.2) is 22.6 Å². The van der Waals surface area contributed by atoms with Crippen molar-refractivity contribution in [3.8, 4) is 11.5 Å². The zero-order valence-corrected chi connectivity index (χ0v) is 16.8. The standard InChI is InChI=1S/C22H17NO6S/c1-2-30-20-13-5-16(6-14-20)22(25)29-19-11-9-18(10-12-19)28-21(24)15-3-7-17(8-4-15)23(26)27/h3-14H,2H2,1H3. The molecule has 0 heterocycles. The van der Waals surface area contributed by atoms with Gasteiger partial charge >= 0.3 is 11.9 Å². The number of ether oxygens (including phenoxy) is 2. The molecule has 0 saturated carbocycles. The van der Waals surface area contributed by atoms with E-state index in [0.29, 0.717) is 11.3 Å². The van der Waals surface area contributed by atoms with Crippen LogP contribution in [0.4, 0.5) is 5.69 Å². The van der Waals surface area contributed by atoms with Crippen molar-refractivity contribution >= 4 is 29.4 Å². The Kier molecular flexibility index (Phi) is 6.82. The van der Waals surface area contributed by atoms with Crippen molar-refractivity contribution in [2.75, 3.05) is 5.75 Å². The van der Waals surface area contributed by atoms with E-state index in [4.69, 9.17) is 9.47 Å². The summed E-state index contributed by atoms with van der Waals surface area (Å²) in [5.41, 5.74) is 0.501. The summed E-state index contributed by atoms with van der Waals surface area (Å²) in [6.45, 7) is 2.06. The number of non-ortho nitro benzene ring substituents is 1. The number of rotatable bonds is 7. The highest BCUT2D eigenvalue weighted by atomic mass is 32.2. The molecule has 0 spiro atoms. The Morgan fingerprint density at radius 2 is 1.23 bits per heavy atom. The van der Waals surface area contributed by atoms with Gasteiger partial charge in [-0.15, -0.1) is 11.8 Å². The van der Waals surface area contributed by atoms with Gasteiger partial charge in [-0.05, 0) is 66.4 Å². The second-order valence-corrected chi connectivity index (χ2v) is 7.35. The molecule has 30 heavy (non-hydrogen) atoms. The predicted octanol–water partition coefficient (Wildman–Crippen LogP) is 5.15. The monoisotopic (exact) mass is 423 g/mol. The average Bonchev–Trinajstić information content (AvgIpc) is 2.76. The molecule has 0 aromatic heterocycles. The Morgan fingerprint density at radius 1 is 0.800 bits per heavy atom. The van der Waals surface area contributed by atoms with Crippen LogP contribution in [0.1, 0.15) is 27.6 Å². The third-order valence-corrected chi connectivity index (χ3v) is 4.85. The van der Waals surface area contributed by atoms with E-state index in [1.165, 1.54) is 48.5 Å². The topological polar surface area (TPSA) is 95.7 Å². The van der Waals surface area contributed by atoms with Crippen molar-refractivity contribution in [3.63, 3.8) is 0 Å². The molecule has 3 rings (SSSR count). The molecule has 0 atom stereocenters. The fourth-order valence-electron chi connectivity index (χ4n) is 2.48. The molecule has 8 heteroatoms. The maximum absolute atomic E-state index is 12.2. The molecule has 0 aliphatic heterocycles. The molecule has 3 aromatic carbocycles. The van der Waals surface area contributed by atoms with E-state index in [1.807, 2.05) is 12.1 Å². The first-order chi connectivity index (χ1) is 14.5. The summed E-state index contributed by atoms with van der Waals surface area (Å²) in [4.78, 5) is 35.6. The Bertz CT molecular complexity index is 1050. The molecule has 0 fully saturated rings. The van der Waals surface area contributed by atoms with Crippen molar-refractivity contribution in [2.45, 2.75) is 11.8 Å². The van der Waals surface area contributed by atoms with Crippen LogP contribution >= 0.6 is 11.8 Å². The number of nitro benzene ring substituents is 1. The molecule has 0 aliphatic carbocycles. The zero-order valence-electron chi connectivity index (χ0n) is 15.9. The summed E-state index contributed by atoms with van der Waals surface area (Å²) in [5.74, 6) is 0.366. The van der Waals surface area contributed by atoms with Crippen LogP contribution in [-0.2, 0) is 0 Å². The van der Waals surface area contributed by atoms with Crippen molar-refractivity contribution in [2.24, 2.45) is 0 Å². The lowest BCUT2D eigenvalue weighted by molar-refractivity contribution is -0.384. The van der Waals surface area contributed by atoms with E-state index in [1.54, 1.807) is 23.9 Å². The van der Waals surface area contributed by atoms with E-state index in [-0.39, 0.29) is 17.0 Å². The minimum Gasteiger partial charge on any atom is -0.423 e. The highest BCUT2D eigenvalue weighted by Crippen LogP contribution is 2.22. The number of nitro groups is 1. The van der Waals surface area contributed by atoms with Crippen molar-refractivity contribution in [3.05, 3.63) is 94.0 Å². The van der Waals surface area contributed by atoms with Gasteiger partial charge in [0, 0.05) is 17.0 Å². The molecule has 0 saturated heterocycles. The molecule has 0 radical (unpaired) electrons. The molecule has 0 aliphatic rings. The summed E-state index contributed by atoms with van der Waals surface area (Å²) >= 11 is 1.68. The molecular weight excluding hydrogens is 406 g/mol. The van der Waals surface area contributed by atoms with Crippen LogP contribution in [0.5, 0.6) is 11.5 Å². The first kappa shape index (κ1) is 21.1. The van der Waals surface area contributed by atoms with Crippen LogP contribution in [0.25, 0.3) is 0 Å². The molecule has 152 valence electrons. The van der Waals surface area contributed by atoms with Gasteiger partial charge in [-0.3, -0.25) is 10.1 Å². The third-order valence-electron chi connectivity index (χ3n) is 3.96. The zero-order chi connectivity index (χ0) is 21.5. The molecule has 7 nitrogen and oxygen atoms in total. The molecular formula is C22H17NO6S. The summed E-state index contributed by atoms with van der Waals surface area (Å²) in [7, 11) is 0. The van der Waals surface area contributed by atoms with Gasteiger partial charge in [-0.1, -0.05) is 6.92 Å². The van der Waals surface area contributed by atoms with Crippen molar-refractivity contribution in [1.29, 1.82) is 0 Å². The Hall–Kier alpha value is -3.65. The normalized spacial score (nSPS) is 10.3. The Labute approximate surface area is 176 Å². The fourth-order valence-corrected chi connectivity index (χ4v) is 3.14. The van der Waals surface area contributed by atoms with Gasteiger partial charge in [0.2, 0.25) is 0 Å². The molecule has 0 unspecified atom stereocenters. The van der Waals surface area contributed by atoms with Crippen LogP contribution in [0.2, 0.25) is 0 Å². The minimum atomic E-state index is -0.653. The second kappa shape index (κ2) is 9.71. The van der Waals surface area contributed by atoms with Crippen molar-refractivity contribution in [1.82, 2.24) is 0 Å². The Morgan fingerprint density at radius 3 is 1.63 bits per heavy atom. The van der Waals surface area contributed by atoms with E-state index >= 15 is 0 Å². The van der Waals surface area contributed by atoms with Gasteiger partial charge in [0.15, 0.2) is 0 Å². The maximum atomic E-state index is 12.2.